The minimum absolute atomic E-state index is 0.0966. The molecule has 1 aromatic carbocycles. The fourth-order valence-corrected chi connectivity index (χ4v) is 1.88. The smallest absolute Gasteiger partial charge is 0.320 e. The number of carbonyl (C=O) groups excluding carboxylic acids is 1. The summed E-state index contributed by atoms with van der Waals surface area (Å²) in [6, 6.07) is 9.30. The summed E-state index contributed by atoms with van der Waals surface area (Å²) < 4.78 is 1.72. The van der Waals surface area contributed by atoms with Gasteiger partial charge in [-0.3, -0.25) is 5.32 Å². The van der Waals surface area contributed by atoms with Gasteiger partial charge in [-0.1, -0.05) is 32.0 Å². The summed E-state index contributed by atoms with van der Waals surface area (Å²) in [5.41, 5.74) is 1.79. The third-order valence-corrected chi connectivity index (χ3v) is 3.39. The molecule has 118 valence electrons. The van der Waals surface area contributed by atoms with Crippen molar-refractivity contribution in [3.63, 3.8) is 0 Å². The van der Waals surface area contributed by atoms with Crippen molar-refractivity contribution >= 4 is 11.8 Å². The van der Waals surface area contributed by atoms with Crippen molar-refractivity contribution < 1.29 is 9.90 Å². The van der Waals surface area contributed by atoms with Crippen LogP contribution < -0.4 is 10.6 Å². The highest BCUT2D eigenvalue weighted by molar-refractivity contribution is 5.88. The molecule has 0 aliphatic carbocycles. The number of aryl methyl sites for hydroxylation is 1. The van der Waals surface area contributed by atoms with Crippen molar-refractivity contribution in [2.24, 2.45) is 5.92 Å². The van der Waals surface area contributed by atoms with Gasteiger partial charge >= 0.3 is 6.03 Å². The Labute approximate surface area is 130 Å². The Morgan fingerprint density at radius 1 is 1.32 bits per heavy atom. The van der Waals surface area contributed by atoms with E-state index in [1.165, 1.54) is 0 Å². The molecule has 6 heteroatoms. The summed E-state index contributed by atoms with van der Waals surface area (Å²) in [7, 11) is 0. The minimum atomic E-state index is -0.561. The van der Waals surface area contributed by atoms with Gasteiger partial charge in [0.15, 0.2) is 5.82 Å². The number of aliphatic hydroxyl groups excluding tert-OH is 1. The van der Waals surface area contributed by atoms with Gasteiger partial charge < -0.3 is 10.4 Å². The number of aromatic nitrogens is 2. The molecular weight excluding hydrogens is 280 g/mol. The van der Waals surface area contributed by atoms with E-state index in [0.29, 0.717) is 5.82 Å². The van der Waals surface area contributed by atoms with E-state index >= 15 is 0 Å². The number of amides is 2. The highest BCUT2D eigenvalue weighted by Crippen LogP contribution is 2.15. The average molecular weight is 302 g/mol. The molecule has 22 heavy (non-hydrogen) atoms. The van der Waals surface area contributed by atoms with Crippen molar-refractivity contribution in [2.75, 3.05) is 11.9 Å². The van der Waals surface area contributed by atoms with Gasteiger partial charge in [-0.25, -0.2) is 9.48 Å². The van der Waals surface area contributed by atoms with E-state index < -0.39 is 6.10 Å². The highest BCUT2D eigenvalue weighted by atomic mass is 16.3. The van der Waals surface area contributed by atoms with Gasteiger partial charge in [0.05, 0.1) is 11.8 Å². The number of urea groups is 1. The first-order chi connectivity index (χ1) is 10.5. The molecule has 1 aromatic heterocycles. The van der Waals surface area contributed by atoms with E-state index in [1.54, 1.807) is 4.68 Å². The number of nitrogens with zero attached hydrogens (tertiary/aromatic N) is 2. The molecule has 0 unspecified atom stereocenters. The number of para-hydroxylation sites is 1. The first kappa shape index (κ1) is 16.0. The molecule has 0 aliphatic heterocycles. The minimum Gasteiger partial charge on any atom is -0.391 e. The van der Waals surface area contributed by atoms with E-state index in [1.807, 2.05) is 57.3 Å². The lowest BCUT2D eigenvalue weighted by molar-refractivity contribution is 0.126. The summed E-state index contributed by atoms with van der Waals surface area (Å²) in [5.74, 6) is 0.597. The van der Waals surface area contributed by atoms with Crippen LogP contribution in [0.2, 0.25) is 0 Å². The summed E-state index contributed by atoms with van der Waals surface area (Å²) in [5, 5.41) is 19.4. The van der Waals surface area contributed by atoms with Crippen LogP contribution in [0.25, 0.3) is 5.69 Å². The Hall–Kier alpha value is -2.34. The van der Waals surface area contributed by atoms with Crippen LogP contribution >= 0.6 is 0 Å². The SMILES string of the molecule is Cc1cn(-c2ccccc2)nc1NC(=O)NC[C@H](O)C(C)C. The van der Waals surface area contributed by atoms with Gasteiger partial charge in [-0.05, 0) is 25.0 Å². The zero-order valence-electron chi connectivity index (χ0n) is 13.1. The van der Waals surface area contributed by atoms with Crippen LogP contribution in [0.3, 0.4) is 0 Å². The molecule has 0 radical (unpaired) electrons. The van der Waals surface area contributed by atoms with Gasteiger partial charge in [-0.15, -0.1) is 5.10 Å². The zero-order valence-corrected chi connectivity index (χ0v) is 13.1. The van der Waals surface area contributed by atoms with Gasteiger partial charge in [0.25, 0.3) is 0 Å². The van der Waals surface area contributed by atoms with E-state index in [9.17, 15) is 9.90 Å². The molecule has 0 spiro atoms. The number of aliphatic hydroxyl groups is 1. The first-order valence-corrected chi connectivity index (χ1v) is 7.32. The van der Waals surface area contributed by atoms with Crippen molar-refractivity contribution in [3.8, 4) is 5.69 Å². The summed E-state index contributed by atoms with van der Waals surface area (Å²) >= 11 is 0. The summed E-state index contributed by atoms with van der Waals surface area (Å²) in [4.78, 5) is 11.9. The van der Waals surface area contributed by atoms with Gasteiger partial charge in [0.2, 0.25) is 0 Å². The second kappa shape index (κ2) is 7.09. The highest BCUT2D eigenvalue weighted by Gasteiger charge is 2.13. The van der Waals surface area contributed by atoms with Crippen LogP contribution in [0.15, 0.2) is 36.5 Å². The lowest BCUT2D eigenvalue weighted by atomic mass is 10.1. The molecule has 1 heterocycles. The topological polar surface area (TPSA) is 79.2 Å². The molecule has 2 aromatic rings. The van der Waals surface area contributed by atoms with Crippen LogP contribution in [0.4, 0.5) is 10.6 Å². The predicted octanol–water partition coefficient (Wildman–Crippen LogP) is 2.32. The molecular formula is C16H22N4O2. The summed E-state index contributed by atoms with van der Waals surface area (Å²) in [6.45, 7) is 5.89. The van der Waals surface area contributed by atoms with E-state index in [4.69, 9.17) is 0 Å². The quantitative estimate of drug-likeness (QED) is 0.793. The molecule has 0 fully saturated rings. The van der Waals surface area contributed by atoms with Gasteiger partial charge in [0, 0.05) is 18.3 Å². The first-order valence-electron chi connectivity index (χ1n) is 7.32. The van der Waals surface area contributed by atoms with E-state index in [0.717, 1.165) is 11.3 Å². The van der Waals surface area contributed by atoms with Crippen LogP contribution in [0.5, 0.6) is 0 Å². The Morgan fingerprint density at radius 2 is 2.00 bits per heavy atom. The predicted molar refractivity (Wildman–Crippen MR) is 86.2 cm³/mol. The van der Waals surface area contributed by atoms with Gasteiger partial charge in [0.1, 0.15) is 0 Å². The van der Waals surface area contributed by atoms with Crippen molar-refractivity contribution in [2.45, 2.75) is 26.9 Å². The number of hydrogen-bond donors (Lipinski definition) is 3. The maximum atomic E-state index is 11.9. The number of anilines is 1. The Morgan fingerprint density at radius 3 is 2.64 bits per heavy atom. The van der Waals surface area contributed by atoms with Crippen molar-refractivity contribution in [1.82, 2.24) is 15.1 Å². The fraction of sp³-hybridized carbons (Fsp3) is 0.375. The molecule has 3 N–H and O–H groups in total. The number of nitrogens with one attached hydrogen (secondary N) is 2. The van der Waals surface area contributed by atoms with Crippen molar-refractivity contribution in [1.29, 1.82) is 0 Å². The molecule has 2 amide bonds. The molecule has 0 saturated carbocycles. The number of hydrogen-bond acceptors (Lipinski definition) is 3. The molecule has 0 aliphatic rings. The van der Waals surface area contributed by atoms with Crippen LogP contribution in [-0.2, 0) is 0 Å². The second-order valence-corrected chi connectivity index (χ2v) is 5.59. The van der Waals surface area contributed by atoms with Crippen LogP contribution in [0, 0.1) is 12.8 Å². The summed E-state index contributed by atoms with van der Waals surface area (Å²) in [6.07, 6.45) is 1.29. The normalized spacial score (nSPS) is 12.2. The largest absolute Gasteiger partial charge is 0.391 e. The standard InChI is InChI=1S/C16H22N4O2/c1-11(2)14(21)9-17-16(22)18-15-12(3)10-20(19-15)13-7-5-4-6-8-13/h4-8,10-11,14,21H,9H2,1-3H3,(H2,17,18,19,22)/t14-/m0/s1. The molecule has 2 rings (SSSR count). The third-order valence-electron chi connectivity index (χ3n) is 3.39. The Bertz CT molecular complexity index is 622. The lowest BCUT2D eigenvalue weighted by Gasteiger charge is -2.15. The van der Waals surface area contributed by atoms with Crippen molar-refractivity contribution in [3.05, 3.63) is 42.1 Å². The number of carbonyl (C=O) groups is 1. The zero-order chi connectivity index (χ0) is 16.1. The fourth-order valence-electron chi connectivity index (χ4n) is 1.88. The van der Waals surface area contributed by atoms with Crippen LogP contribution in [-0.4, -0.2) is 33.6 Å². The van der Waals surface area contributed by atoms with Gasteiger partial charge in [-0.2, -0.15) is 0 Å². The third kappa shape index (κ3) is 4.08. The maximum absolute atomic E-state index is 11.9. The molecule has 1 atom stereocenters. The second-order valence-electron chi connectivity index (χ2n) is 5.59. The Kier molecular flexibility index (Phi) is 5.16. The average Bonchev–Trinajstić information content (AvgIpc) is 2.86. The van der Waals surface area contributed by atoms with E-state index in [-0.39, 0.29) is 18.5 Å². The molecule has 0 saturated heterocycles. The monoisotopic (exact) mass is 302 g/mol. The Balaban J connectivity index is 1.99. The van der Waals surface area contributed by atoms with Crippen LogP contribution in [0.1, 0.15) is 19.4 Å². The maximum Gasteiger partial charge on any atom is 0.320 e. The lowest BCUT2D eigenvalue weighted by Crippen LogP contribution is -2.37. The number of benzene rings is 1. The molecule has 6 nitrogen and oxygen atoms in total. The molecule has 0 bridgehead atoms. The number of rotatable bonds is 5. The van der Waals surface area contributed by atoms with E-state index in [2.05, 4.69) is 15.7 Å².